The van der Waals surface area contributed by atoms with E-state index in [-0.39, 0.29) is 5.78 Å². The van der Waals surface area contributed by atoms with Gasteiger partial charge in [-0.3, -0.25) is 9.78 Å². The smallest absolute Gasteiger partial charge is 0.187 e. The van der Waals surface area contributed by atoms with Gasteiger partial charge in [0.1, 0.15) is 0 Å². The fourth-order valence-electron chi connectivity index (χ4n) is 0.937. The zero-order valence-electron chi connectivity index (χ0n) is 7.24. The molecule has 2 heteroatoms. The number of nitrogens with zero attached hydrogens (tertiary/aromatic N) is 1. The molecule has 0 aliphatic heterocycles. The van der Waals surface area contributed by atoms with Crippen molar-refractivity contribution in [1.82, 2.24) is 4.98 Å². The van der Waals surface area contributed by atoms with E-state index >= 15 is 0 Å². The van der Waals surface area contributed by atoms with Crippen LogP contribution >= 0.6 is 0 Å². The lowest BCUT2D eigenvalue weighted by atomic mass is 10.1. The molecule has 1 rings (SSSR count). The van der Waals surface area contributed by atoms with E-state index in [0.717, 1.165) is 5.56 Å². The van der Waals surface area contributed by atoms with Crippen molar-refractivity contribution in [1.29, 1.82) is 0 Å². The van der Waals surface area contributed by atoms with E-state index in [1.807, 2.05) is 19.9 Å². The Hall–Kier alpha value is -1.44. The van der Waals surface area contributed by atoms with Crippen molar-refractivity contribution in [3.63, 3.8) is 0 Å². The SMILES string of the molecule is C/C=C/C(=O)c1cncc(C)c1. The lowest BCUT2D eigenvalue weighted by Gasteiger charge is -1.95. The molecule has 12 heavy (non-hydrogen) atoms. The highest BCUT2D eigenvalue weighted by molar-refractivity contribution is 6.04. The van der Waals surface area contributed by atoms with Crippen molar-refractivity contribution < 1.29 is 4.79 Å². The largest absolute Gasteiger partial charge is 0.289 e. The van der Waals surface area contributed by atoms with Crippen LogP contribution in [0.2, 0.25) is 0 Å². The zero-order valence-corrected chi connectivity index (χ0v) is 7.24. The molecular formula is C10H11NO. The number of carbonyl (C=O) groups is 1. The molecule has 0 radical (unpaired) electrons. The van der Waals surface area contributed by atoms with Crippen LogP contribution in [0.5, 0.6) is 0 Å². The summed E-state index contributed by atoms with van der Waals surface area (Å²) in [5.74, 6) is 0.00806. The van der Waals surface area contributed by atoms with E-state index < -0.39 is 0 Å². The van der Waals surface area contributed by atoms with Gasteiger partial charge in [0.2, 0.25) is 0 Å². The molecule has 62 valence electrons. The summed E-state index contributed by atoms with van der Waals surface area (Å²) in [7, 11) is 0. The molecule has 0 aliphatic carbocycles. The van der Waals surface area contributed by atoms with Gasteiger partial charge in [-0.1, -0.05) is 6.08 Å². The number of rotatable bonds is 2. The van der Waals surface area contributed by atoms with Gasteiger partial charge in [-0.25, -0.2) is 0 Å². The molecule has 0 saturated heterocycles. The standard InChI is InChI=1S/C10H11NO/c1-3-4-10(12)9-5-8(2)6-11-7-9/h3-7H,1-2H3/b4-3+. The Morgan fingerprint density at radius 3 is 2.83 bits per heavy atom. The fraction of sp³-hybridized carbons (Fsp3) is 0.200. The van der Waals surface area contributed by atoms with Crippen LogP contribution in [0.1, 0.15) is 22.8 Å². The summed E-state index contributed by atoms with van der Waals surface area (Å²) in [5, 5.41) is 0. The van der Waals surface area contributed by atoms with Gasteiger partial charge in [0.25, 0.3) is 0 Å². The fourth-order valence-corrected chi connectivity index (χ4v) is 0.937. The normalized spacial score (nSPS) is 10.5. The summed E-state index contributed by atoms with van der Waals surface area (Å²) < 4.78 is 0. The molecule has 2 nitrogen and oxygen atoms in total. The maximum atomic E-state index is 11.3. The van der Waals surface area contributed by atoms with Crippen molar-refractivity contribution in [2.45, 2.75) is 13.8 Å². The van der Waals surface area contributed by atoms with E-state index in [1.54, 1.807) is 18.5 Å². The van der Waals surface area contributed by atoms with Gasteiger partial charge in [-0.2, -0.15) is 0 Å². The quantitative estimate of drug-likeness (QED) is 0.491. The van der Waals surface area contributed by atoms with Gasteiger partial charge in [0.05, 0.1) is 0 Å². The van der Waals surface area contributed by atoms with E-state index in [1.165, 1.54) is 6.08 Å². The number of ketones is 1. The van der Waals surface area contributed by atoms with Crippen LogP contribution in [-0.2, 0) is 0 Å². The molecule has 0 unspecified atom stereocenters. The van der Waals surface area contributed by atoms with Crippen LogP contribution in [0.15, 0.2) is 30.6 Å². The minimum atomic E-state index is 0.00806. The summed E-state index contributed by atoms with van der Waals surface area (Å²) in [5.41, 5.74) is 1.65. The molecule has 0 fully saturated rings. The molecule has 1 aromatic rings. The van der Waals surface area contributed by atoms with Gasteiger partial charge in [-0.15, -0.1) is 0 Å². The number of carbonyl (C=O) groups excluding carboxylic acids is 1. The van der Waals surface area contributed by atoms with E-state index in [0.29, 0.717) is 5.56 Å². The first-order valence-electron chi connectivity index (χ1n) is 3.82. The van der Waals surface area contributed by atoms with E-state index in [9.17, 15) is 4.79 Å². The number of allylic oxidation sites excluding steroid dienone is 2. The second-order valence-corrected chi connectivity index (χ2v) is 2.62. The summed E-state index contributed by atoms with van der Waals surface area (Å²) in [6.45, 7) is 3.74. The third kappa shape index (κ3) is 2.02. The van der Waals surface area contributed by atoms with Gasteiger partial charge >= 0.3 is 0 Å². The first kappa shape index (κ1) is 8.65. The minimum Gasteiger partial charge on any atom is -0.289 e. The number of hydrogen-bond acceptors (Lipinski definition) is 2. The highest BCUT2D eigenvalue weighted by atomic mass is 16.1. The Balaban J connectivity index is 2.96. The summed E-state index contributed by atoms with van der Waals surface area (Å²) in [4.78, 5) is 15.2. The number of aryl methyl sites for hydroxylation is 1. The molecule has 0 atom stereocenters. The molecule has 0 saturated carbocycles. The average molecular weight is 161 g/mol. The molecule has 0 aromatic carbocycles. The maximum absolute atomic E-state index is 11.3. The van der Waals surface area contributed by atoms with Crippen molar-refractivity contribution in [2.24, 2.45) is 0 Å². The monoisotopic (exact) mass is 161 g/mol. The molecule has 0 amide bonds. The predicted molar refractivity (Wildman–Crippen MR) is 48.1 cm³/mol. The average Bonchev–Trinajstić information content (AvgIpc) is 2.05. The Morgan fingerprint density at radius 1 is 1.50 bits per heavy atom. The van der Waals surface area contributed by atoms with Crippen molar-refractivity contribution >= 4 is 5.78 Å². The maximum Gasteiger partial charge on any atom is 0.187 e. The number of aromatic nitrogens is 1. The Morgan fingerprint density at radius 2 is 2.25 bits per heavy atom. The number of pyridine rings is 1. The second kappa shape index (κ2) is 3.81. The predicted octanol–water partition coefficient (Wildman–Crippen LogP) is 2.15. The van der Waals surface area contributed by atoms with Crippen LogP contribution in [0, 0.1) is 6.92 Å². The second-order valence-electron chi connectivity index (χ2n) is 2.62. The van der Waals surface area contributed by atoms with Crippen molar-refractivity contribution in [3.05, 3.63) is 41.7 Å². The first-order valence-corrected chi connectivity index (χ1v) is 3.82. The summed E-state index contributed by atoms with van der Waals surface area (Å²) >= 11 is 0. The molecule has 0 N–H and O–H groups in total. The lowest BCUT2D eigenvalue weighted by molar-refractivity contribution is 0.104. The molecule has 1 heterocycles. The summed E-state index contributed by atoms with van der Waals surface area (Å²) in [6.07, 6.45) is 6.57. The van der Waals surface area contributed by atoms with Crippen LogP contribution < -0.4 is 0 Å². The van der Waals surface area contributed by atoms with Crippen molar-refractivity contribution in [2.75, 3.05) is 0 Å². The minimum absolute atomic E-state index is 0.00806. The zero-order chi connectivity index (χ0) is 8.97. The molecule has 1 aromatic heterocycles. The molecule has 0 spiro atoms. The molecule has 0 bridgehead atoms. The molecular weight excluding hydrogens is 150 g/mol. The number of hydrogen-bond donors (Lipinski definition) is 0. The van der Waals surface area contributed by atoms with Crippen molar-refractivity contribution in [3.8, 4) is 0 Å². The third-order valence-corrected chi connectivity index (χ3v) is 1.48. The van der Waals surface area contributed by atoms with Gasteiger partial charge in [-0.05, 0) is 31.6 Å². The summed E-state index contributed by atoms with van der Waals surface area (Å²) in [6, 6.07) is 1.83. The van der Waals surface area contributed by atoms with E-state index in [2.05, 4.69) is 4.98 Å². The van der Waals surface area contributed by atoms with Gasteiger partial charge in [0, 0.05) is 18.0 Å². The Kier molecular flexibility index (Phi) is 2.75. The topological polar surface area (TPSA) is 30.0 Å². The van der Waals surface area contributed by atoms with Crippen LogP contribution in [0.25, 0.3) is 0 Å². The Bertz CT molecular complexity index is 315. The lowest BCUT2D eigenvalue weighted by Crippen LogP contribution is -1.95. The third-order valence-electron chi connectivity index (χ3n) is 1.48. The highest BCUT2D eigenvalue weighted by Gasteiger charge is 2.00. The van der Waals surface area contributed by atoms with E-state index in [4.69, 9.17) is 0 Å². The van der Waals surface area contributed by atoms with Crippen LogP contribution in [-0.4, -0.2) is 10.8 Å². The Labute approximate surface area is 71.9 Å². The first-order chi connectivity index (χ1) is 5.74. The van der Waals surface area contributed by atoms with Crippen LogP contribution in [0.3, 0.4) is 0 Å². The molecule has 0 aliphatic rings. The van der Waals surface area contributed by atoms with Gasteiger partial charge in [0.15, 0.2) is 5.78 Å². The highest BCUT2D eigenvalue weighted by Crippen LogP contribution is 2.02. The van der Waals surface area contributed by atoms with Gasteiger partial charge < -0.3 is 0 Å². The van der Waals surface area contributed by atoms with Crippen LogP contribution in [0.4, 0.5) is 0 Å².